The summed E-state index contributed by atoms with van der Waals surface area (Å²) < 4.78 is 33.8. The number of nitro groups is 1. The zero-order chi connectivity index (χ0) is 18.2. The van der Waals surface area contributed by atoms with Crippen LogP contribution in [0.2, 0.25) is 0 Å². The second-order valence-electron chi connectivity index (χ2n) is 4.72. The van der Waals surface area contributed by atoms with E-state index in [4.69, 9.17) is 9.57 Å². The summed E-state index contributed by atoms with van der Waals surface area (Å²) in [6.45, 7) is -2.91. The molecule has 0 spiro atoms. The molecule has 0 amide bonds. The number of hydrogen-bond donors (Lipinski definition) is 0. The Morgan fingerprint density at radius 3 is 2.72 bits per heavy atom. The number of nitro benzene ring substituents is 1. The van der Waals surface area contributed by atoms with Crippen molar-refractivity contribution in [2.45, 2.75) is 13.2 Å². The van der Waals surface area contributed by atoms with Crippen LogP contribution < -0.4 is 9.47 Å². The van der Waals surface area contributed by atoms with Crippen molar-refractivity contribution in [1.29, 1.82) is 0 Å². The van der Waals surface area contributed by atoms with Crippen LogP contribution in [-0.4, -0.2) is 24.9 Å². The maximum atomic E-state index is 12.3. The van der Waals surface area contributed by atoms with Gasteiger partial charge in [-0.3, -0.25) is 10.1 Å². The fourth-order valence-corrected chi connectivity index (χ4v) is 1.93. The third-order valence-electron chi connectivity index (χ3n) is 3.03. The summed E-state index contributed by atoms with van der Waals surface area (Å²) in [6, 6.07) is 10.3. The smallest absolute Gasteiger partial charge is 0.387 e. The highest BCUT2D eigenvalue weighted by molar-refractivity contribution is 5.80. The van der Waals surface area contributed by atoms with Gasteiger partial charge in [0.1, 0.15) is 6.61 Å². The average molecular weight is 352 g/mol. The van der Waals surface area contributed by atoms with Gasteiger partial charge >= 0.3 is 6.61 Å². The number of alkyl halides is 2. The van der Waals surface area contributed by atoms with Crippen molar-refractivity contribution < 1.29 is 28.0 Å². The van der Waals surface area contributed by atoms with Crippen LogP contribution in [0.1, 0.15) is 11.1 Å². The van der Waals surface area contributed by atoms with E-state index in [0.29, 0.717) is 11.1 Å². The van der Waals surface area contributed by atoms with Gasteiger partial charge in [-0.2, -0.15) is 8.78 Å². The van der Waals surface area contributed by atoms with Gasteiger partial charge in [-0.15, -0.1) is 0 Å². The second-order valence-corrected chi connectivity index (χ2v) is 4.72. The summed E-state index contributed by atoms with van der Waals surface area (Å²) in [5.41, 5.74) is 1.09. The molecule has 0 aliphatic carbocycles. The number of methoxy groups -OCH3 is 1. The highest BCUT2D eigenvalue weighted by Gasteiger charge is 2.10. The molecule has 0 fully saturated rings. The molecule has 0 N–H and O–H groups in total. The fourth-order valence-electron chi connectivity index (χ4n) is 1.93. The van der Waals surface area contributed by atoms with E-state index in [-0.39, 0.29) is 23.8 Å². The van der Waals surface area contributed by atoms with Crippen molar-refractivity contribution in [1.82, 2.24) is 0 Å². The molecule has 7 nitrogen and oxygen atoms in total. The number of non-ortho nitro benzene ring substituents is 1. The first-order valence-electron chi connectivity index (χ1n) is 7.01. The van der Waals surface area contributed by atoms with Gasteiger partial charge < -0.3 is 14.3 Å². The average Bonchev–Trinajstić information content (AvgIpc) is 2.59. The number of oxime groups is 1. The van der Waals surface area contributed by atoms with Gasteiger partial charge in [0.15, 0.2) is 11.5 Å². The molecular weight excluding hydrogens is 338 g/mol. The summed E-state index contributed by atoms with van der Waals surface area (Å²) in [7, 11) is 1.33. The number of ether oxygens (including phenoxy) is 2. The Bertz CT molecular complexity index is 768. The molecule has 0 saturated carbocycles. The molecule has 2 rings (SSSR count). The lowest BCUT2D eigenvalue weighted by atomic mass is 10.2. The first kappa shape index (κ1) is 18.1. The minimum Gasteiger partial charge on any atom is -0.493 e. The second kappa shape index (κ2) is 8.57. The largest absolute Gasteiger partial charge is 0.493 e. The Morgan fingerprint density at radius 1 is 1.24 bits per heavy atom. The van der Waals surface area contributed by atoms with E-state index in [1.54, 1.807) is 12.1 Å². The predicted molar refractivity (Wildman–Crippen MR) is 85.1 cm³/mol. The molecule has 0 aromatic heterocycles. The number of halogens is 2. The van der Waals surface area contributed by atoms with Crippen molar-refractivity contribution >= 4 is 11.9 Å². The van der Waals surface area contributed by atoms with Crippen LogP contribution in [0, 0.1) is 10.1 Å². The van der Waals surface area contributed by atoms with Crippen molar-refractivity contribution in [2.24, 2.45) is 5.16 Å². The van der Waals surface area contributed by atoms with E-state index < -0.39 is 11.5 Å². The molecule has 2 aromatic rings. The quantitative estimate of drug-likeness (QED) is 0.410. The first-order chi connectivity index (χ1) is 12.0. The Morgan fingerprint density at radius 2 is 2.04 bits per heavy atom. The lowest BCUT2D eigenvalue weighted by Crippen LogP contribution is -2.03. The van der Waals surface area contributed by atoms with Gasteiger partial charge in [-0.1, -0.05) is 17.3 Å². The Balaban J connectivity index is 1.98. The zero-order valence-electron chi connectivity index (χ0n) is 13.1. The number of hydrogen-bond acceptors (Lipinski definition) is 6. The molecule has 0 atom stereocenters. The Hall–Kier alpha value is -3.23. The standard InChI is InChI=1S/C16H14F2N2O5/c1-23-15-8-11(5-6-14(15)25-16(17)18)9-19-24-10-12-3-2-4-13(7-12)20(21)22/h2-9,16H,10H2,1H3. The minimum atomic E-state index is -2.95. The van der Waals surface area contributed by atoms with Crippen LogP contribution in [-0.2, 0) is 11.4 Å². The van der Waals surface area contributed by atoms with Crippen molar-refractivity contribution in [3.63, 3.8) is 0 Å². The molecule has 9 heteroatoms. The van der Waals surface area contributed by atoms with E-state index >= 15 is 0 Å². The maximum Gasteiger partial charge on any atom is 0.387 e. The van der Waals surface area contributed by atoms with E-state index in [0.717, 1.165) is 0 Å². The fraction of sp³-hybridized carbons (Fsp3) is 0.188. The van der Waals surface area contributed by atoms with E-state index in [1.165, 1.54) is 43.7 Å². The summed E-state index contributed by atoms with van der Waals surface area (Å²) in [5, 5.41) is 14.4. The summed E-state index contributed by atoms with van der Waals surface area (Å²) in [6.07, 6.45) is 1.35. The molecular formula is C16H14F2N2O5. The van der Waals surface area contributed by atoms with Crippen molar-refractivity contribution in [2.75, 3.05) is 7.11 Å². The Kier molecular flexibility index (Phi) is 6.21. The number of rotatable bonds is 8. The van der Waals surface area contributed by atoms with Crippen molar-refractivity contribution in [3.05, 3.63) is 63.7 Å². The van der Waals surface area contributed by atoms with E-state index in [1.807, 2.05) is 0 Å². The lowest BCUT2D eigenvalue weighted by molar-refractivity contribution is -0.384. The highest BCUT2D eigenvalue weighted by Crippen LogP contribution is 2.28. The molecule has 0 radical (unpaired) electrons. The van der Waals surface area contributed by atoms with Crippen LogP contribution in [0.25, 0.3) is 0 Å². The molecule has 0 bridgehead atoms. The summed E-state index contributed by atoms with van der Waals surface area (Å²) in [5.74, 6) is 0.0371. The van der Waals surface area contributed by atoms with Crippen LogP contribution in [0.4, 0.5) is 14.5 Å². The molecule has 0 saturated heterocycles. The van der Waals surface area contributed by atoms with Crippen molar-refractivity contribution in [3.8, 4) is 11.5 Å². The van der Waals surface area contributed by atoms with Crippen LogP contribution in [0.15, 0.2) is 47.6 Å². The third kappa shape index (κ3) is 5.41. The molecule has 0 aliphatic heterocycles. The predicted octanol–water partition coefficient (Wildman–Crippen LogP) is 3.76. The zero-order valence-corrected chi connectivity index (χ0v) is 13.1. The molecule has 0 unspecified atom stereocenters. The number of benzene rings is 2. The summed E-state index contributed by atoms with van der Waals surface area (Å²) >= 11 is 0. The van der Waals surface area contributed by atoms with Crippen LogP contribution >= 0.6 is 0 Å². The van der Waals surface area contributed by atoms with Gasteiger partial charge in [0.2, 0.25) is 0 Å². The molecule has 0 aliphatic rings. The molecule has 0 heterocycles. The normalized spacial score (nSPS) is 10.9. The summed E-state index contributed by atoms with van der Waals surface area (Å²) in [4.78, 5) is 15.3. The Labute approximate surface area is 141 Å². The van der Waals surface area contributed by atoms with Gasteiger partial charge in [0, 0.05) is 17.7 Å². The van der Waals surface area contributed by atoms with E-state index in [2.05, 4.69) is 9.89 Å². The van der Waals surface area contributed by atoms with E-state index in [9.17, 15) is 18.9 Å². The monoisotopic (exact) mass is 352 g/mol. The maximum absolute atomic E-state index is 12.3. The molecule has 132 valence electrons. The van der Waals surface area contributed by atoms with Crippen LogP contribution in [0.5, 0.6) is 11.5 Å². The third-order valence-corrected chi connectivity index (χ3v) is 3.03. The van der Waals surface area contributed by atoms with Crippen LogP contribution in [0.3, 0.4) is 0 Å². The van der Waals surface area contributed by atoms with Gasteiger partial charge in [-0.25, -0.2) is 0 Å². The van der Waals surface area contributed by atoms with Gasteiger partial charge in [0.05, 0.1) is 18.2 Å². The molecule has 25 heavy (non-hydrogen) atoms. The van der Waals surface area contributed by atoms with Gasteiger partial charge in [-0.05, 0) is 23.8 Å². The van der Waals surface area contributed by atoms with Gasteiger partial charge in [0.25, 0.3) is 5.69 Å². The highest BCUT2D eigenvalue weighted by atomic mass is 19.3. The topological polar surface area (TPSA) is 83.2 Å². The SMILES string of the molecule is COc1cc(C=NOCc2cccc([N+](=O)[O-])c2)ccc1OC(F)F. The number of nitrogens with zero attached hydrogens (tertiary/aromatic N) is 2. The lowest BCUT2D eigenvalue weighted by Gasteiger charge is -2.09. The molecule has 2 aromatic carbocycles. The first-order valence-corrected chi connectivity index (χ1v) is 7.01. The minimum absolute atomic E-state index is 0.0376.